The minimum atomic E-state index is -0.823. The number of ether oxygens (including phenoxy) is 2. The van der Waals surface area contributed by atoms with Gasteiger partial charge in [0.05, 0.1) is 13.7 Å². The summed E-state index contributed by atoms with van der Waals surface area (Å²) in [5.74, 6) is -0.706. The predicted molar refractivity (Wildman–Crippen MR) is 95.4 cm³/mol. The van der Waals surface area contributed by atoms with Gasteiger partial charge in [0.25, 0.3) is 0 Å². The fourth-order valence-electron chi connectivity index (χ4n) is 2.92. The Balaban J connectivity index is 1.89. The largest absolute Gasteiger partial charge is 0.497 e. The SMILES string of the molecule is COc1ccc(/C2=C/CCOC(=O)C(C(=O)c3ccccc3)C2)cc1. The second-order valence-electron chi connectivity index (χ2n) is 5.90. The molecule has 0 saturated carbocycles. The number of carbonyl (C=O) groups excluding carboxylic acids is 2. The number of cyclic esters (lactones) is 1. The zero-order chi connectivity index (χ0) is 17.6. The molecule has 25 heavy (non-hydrogen) atoms. The average Bonchev–Trinajstić information content (AvgIpc) is 2.66. The number of esters is 1. The van der Waals surface area contributed by atoms with Gasteiger partial charge in [0, 0.05) is 12.0 Å². The van der Waals surface area contributed by atoms with Crippen molar-refractivity contribution >= 4 is 17.3 Å². The summed E-state index contributed by atoms with van der Waals surface area (Å²) in [4.78, 5) is 25.2. The molecule has 0 aromatic heterocycles. The molecule has 1 heterocycles. The first-order valence-corrected chi connectivity index (χ1v) is 8.28. The molecule has 1 aliphatic rings. The molecule has 0 N–H and O–H groups in total. The van der Waals surface area contributed by atoms with E-state index in [0.29, 0.717) is 18.4 Å². The number of rotatable bonds is 4. The Kier molecular flexibility index (Phi) is 5.29. The van der Waals surface area contributed by atoms with Crippen molar-refractivity contribution in [1.82, 2.24) is 0 Å². The van der Waals surface area contributed by atoms with Gasteiger partial charge in [-0.05, 0) is 29.7 Å². The third-order valence-electron chi connectivity index (χ3n) is 4.30. The second-order valence-corrected chi connectivity index (χ2v) is 5.90. The first-order valence-electron chi connectivity index (χ1n) is 8.28. The van der Waals surface area contributed by atoms with Gasteiger partial charge in [-0.2, -0.15) is 0 Å². The minimum absolute atomic E-state index is 0.202. The summed E-state index contributed by atoms with van der Waals surface area (Å²) in [5.41, 5.74) is 2.49. The molecule has 2 aromatic rings. The summed E-state index contributed by atoms with van der Waals surface area (Å²) in [6.07, 6.45) is 3.01. The Morgan fingerprint density at radius 2 is 1.80 bits per heavy atom. The van der Waals surface area contributed by atoms with Crippen LogP contribution in [0.1, 0.15) is 28.8 Å². The lowest BCUT2D eigenvalue weighted by molar-refractivity contribution is -0.146. The highest BCUT2D eigenvalue weighted by molar-refractivity contribution is 6.09. The van der Waals surface area contributed by atoms with Crippen LogP contribution in [0.15, 0.2) is 60.7 Å². The maximum atomic E-state index is 12.8. The lowest BCUT2D eigenvalue weighted by Gasteiger charge is -2.20. The Morgan fingerprint density at radius 3 is 2.48 bits per heavy atom. The number of benzene rings is 2. The molecule has 1 aliphatic heterocycles. The zero-order valence-corrected chi connectivity index (χ0v) is 14.1. The first kappa shape index (κ1) is 17.0. The number of allylic oxidation sites excluding steroid dienone is 1. The highest BCUT2D eigenvalue weighted by Gasteiger charge is 2.31. The molecule has 4 nitrogen and oxygen atoms in total. The van der Waals surface area contributed by atoms with Crippen LogP contribution in [0.2, 0.25) is 0 Å². The van der Waals surface area contributed by atoms with Crippen LogP contribution in [0.3, 0.4) is 0 Å². The summed E-state index contributed by atoms with van der Waals surface area (Å²) in [5, 5.41) is 0. The molecule has 0 amide bonds. The molecule has 4 heteroatoms. The molecule has 0 aliphatic carbocycles. The fourth-order valence-corrected chi connectivity index (χ4v) is 2.92. The van der Waals surface area contributed by atoms with E-state index in [2.05, 4.69) is 0 Å². The van der Waals surface area contributed by atoms with Crippen molar-refractivity contribution in [3.05, 3.63) is 71.8 Å². The van der Waals surface area contributed by atoms with Crippen molar-refractivity contribution in [2.24, 2.45) is 5.92 Å². The molecule has 0 radical (unpaired) electrons. The summed E-state index contributed by atoms with van der Waals surface area (Å²) in [7, 11) is 1.62. The molecule has 1 unspecified atom stereocenters. The van der Waals surface area contributed by atoms with Crippen molar-refractivity contribution in [3.63, 3.8) is 0 Å². The standard InChI is InChI=1S/C21H20O4/c1-24-18-11-9-15(10-12-18)17-8-5-13-25-21(23)19(14-17)20(22)16-6-3-2-4-7-16/h2-4,6-12,19H,5,13-14H2,1H3/b17-8+. The smallest absolute Gasteiger partial charge is 0.317 e. The monoisotopic (exact) mass is 336 g/mol. The number of methoxy groups -OCH3 is 1. The lowest BCUT2D eigenvalue weighted by atomic mass is 9.87. The van der Waals surface area contributed by atoms with Crippen molar-refractivity contribution in [1.29, 1.82) is 0 Å². The van der Waals surface area contributed by atoms with Crippen molar-refractivity contribution < 1.29 is 19.1 Å². The van der Waals surface area contributed by atoms with E-state index < -0.39 is 11.9 Å². The van der Waals surface area contributed by atoms with Gasteiger partial charge in [-0.25, -0.2) is 0 Å². The van der Waals surface area contributed by atoms with Crippen LogP contribution in [0.25, 0.3) is 5.57 Å². The number of Topliss-reactive ketones (excluding diaryl/α,β-unsaturated/α-hetero) is 1. The molecule has 0 fully saturated rings. The van der Waals surface area contributed by atoms with Gasteiger partial charge in [-0.15, -0.1) is 0 Å². The molecule has 128 valence electrons. The highest BCUT2D eigenvalue weighted by Crippen LogP contribution is 2.29. The summed E-state index contributed by atoms with van der Waals surface area (Å²) < 4.78 is 10.4. The lowest BCUT2D eigenvalue weighted by Crippen LogP contribution is -2.28. The van der Waals surface area contributed by atoms with E-state index in [4.69, 9.17) is 9.47 Å². The minimum Gasteiger partial charge on any atom is -0.497 e. The summed E-state index contributed by atoms with van der Waals surface area (Å²) in [6, 6.07) is 16.5. The van der Waals surface area contributed by atoms with Gasteiger partial charge < -0.3 is 9.47 Å². The Labute approximate surface area is 147 Å². The van der Waals surface area contributed by atoms with Crippen LogP contribution < -0.4 is 4.74 Å². The van der Waals surface area contributed by atoms with Gasteiger partial charge >= 0.3 is 5.97 Å². The van der Waals surface area contributed by atoms with E-state index in [9.17, 15) is 9.59 Å². The van der Waals surface area contributed by atoms with E-state index in [-0.39, 0.29) is 12.4 Å². The van der Waals surface area contributed by atoms with Crippen LogP contribution in [0.5, 0.6) is 5.75 Å². The average molecular weight is 336 g/mol. The van der Waals surface area contributed by atoms with Gasteiger partial charge in [0.2, 0.25) is 0 Å². The zero-order valence-electron chi connectivity index (χ0n) is 14.1. The molecular weight excluding hydrogens is 316 g/mol. The van der Waals surface area contributed by atoms with Gasteiger partial charge in [0.15, 0.2) is 5.78 Å². The summed E-state index contributed by atoms with van der Waals surface area (Å²) in [6.45, 7) is 0.289. The molecule has 1 atom stereocenters. The topological polar surface area (TPSA) is 52.6 Å². The first-order chi connectivity index (χ1) is 12.2. The Bertz CT molecular complexity index is 775. The fraction of sp³-hybridized carbons (Fsp3) is 0.238. The van der Waals surface area contributed by atoms with E-state index >= 15 is 0 Å². The van der Waals surface area contributed by atoms with Crippen LogP contribution in [0.4, 0.5) is 0 Å². The van der Waals surface area contributed by atoms with E-state index in [1.807, 2.05) is 36.4 Å². The van der Waals surface area contributed by atoms with Crippen LogP contribution in [-0.4, -0.2) is 25.5 Å². The van der Waals surface area contributed by atoms with E-state index in [1.54, 1.807) is 31.4 Å². The Hall–Kier alpha value is -2.88. The van der Waals surface area contributed by atoms with Gasteiger partial charge in [-0.1, -0.05) is 48.5 Å². The van der Waals surface area contributed by atoms with Crippen molar-refractivity contribution in [2.45, 2.75) is 12.8 Å². The highest BCUT2D eigenvalue weighted by atomic mass is 16.5. The van der Waals surface area contributed by atoms with Crippen molar-refractivity contribution in [3.8, 4) is 5.75 Å². The molecule has 0 bridgehead atoms. The third kappa shape index (κ3) is 3.97. The maximum absolute atomic E-state index is 12.8. The molecule has 0 spiro atoms. The van der Waals surface area contributed by atoms with Gasteiger partial charge in [-0.3, -0.25) is 9.59 Å². The normalized spacial score (nSPS) is 19.8. The number of hydrogen-bond donors (Lipinski definition) is 0. The van der Waals surface area contributed by atoms with Gasteiger partial charge in [0.1, 0.15) is 11.7 Å². The quantitative estimate of drug-likeness (QED) is 0.482. The van der Waals surface area contributed by atoms with Crippen molar-refractivity contribution in [2.75, 3.05) is 13.7 Å². The van der Waals surface area contributed by atoms with Crippen LogP contribution >= 0.6 is 0 Å². The molecular formula is C21H20O4. The molecule has 2 aromatic carbocycles. The summed E-state index contributed by atoms with van der Waals surface area (Å²) >= 11 is 0. The Morgan fingerprint density at radius 1 is 1.08 bits per heavy atom. The number of ketones is 1. The van der Waals surface area contributed by atoms with E-state index in [0.717, 1.165) is 16.9 Å². The van der Waals surface area contributed by atoms with Crippen LogP contribution in [0, 0.1) is 5.92 Å². The van der Waals surface area contributed by atoms with Crippen LogP contribution in [-0.2, 0) is 9.53 Å². The van der Waals surface area contributed by atoms with E-state index in [1.165, 1.54) is 0 Å². The number of hydrogen-bond acceptors (Lipinski definition) is 4. The third-order valence-corrected chi connectivity index (χ3v) is 4.30. The molecule has 0 saturated heterocycles. The number of carbonyl (C=O) groups is 2. The maximum Gasteiger partial charge on any atom is 0.317 e. The molecule has 3 rings (SSSR count). The predicted octanol–water partition coefficient (Wildman–Crippen LogP) is 3.91. The second kappa shape index (κ2) is 7.79.